The topological polar surface area (TPSA) is 271 Å². The molecule has 1 aliphatic heterocycles. The van der Waals surface area contributed by atoms with Crippen LogP contribution in [0.4, 0.5) is 0 Å². The molecule has 1 saturated heterocycles. The summed E-state index contributed by atoms with van der Waals surface area (Å²) in [5, 5.41) is 18.2. The van der Waals surface area contributed by atoms with Crippen LogP contribution in [0.3, 0.4) is 0 Å². The monoisotopic (exact) mass is 1880 g/mol. The van der Waals surface area contributed by atoms with Gasteiger partial charge in [-0.05, 0) is 206 Å². The van der Waals surface area contributed by atoms with E-state index in [1.165, 1.54) is 113 Å². The number of rotatable bonds is 35. The van der Waals surface area contributed by atoms with E-state index < -0.39 is 38.5 Å². The Labute approximate surface area is 807 Å². The standard InChI is InChI=1S/C36H42O3.C21H21O2S.C19H30O2.C15H14O5S.C13H15NO4.C10H12O3/c1-4-6-14-28(3)27-35(39-32-23-21-29(5-2)22-24-32)37-25-26-38-36-33(30-15-9-7-10-16-30)19-13-20-34(36)31-17-11-8-12-18-31;1-16-8-6-10-18(14-16)24(19-11-7-9-17(15-19)22-2)21-13-5-4-12-20(21)23-3;1-4-16-10-12-18(13-11-16)21-19(14-15(2)3)20-17-8-6-5-7-9-17;1-2-11-7-9-12(10-8-11)20-15(16)13-5-3-4-6-14(13)21(17,18)19;1-6(2)11(15)17-9-7-3-8-10(9)18-12(16)13(8,4-7)5-14;1-7(2)10(12)13-9-5-3-8(11)4-6-9/h7-13,15-24,28,35H,4-6,14,25-27H2,1-3H3;4-15H,1-3H3;10-13,15,17,19H,4-9,14H2,1-3H3;3-10H,2H2,1H3,(H,17,18,19);6-10H,3-4H2,1-2H3;3-7,11H,1-2H3/q;+1;;;;/p-1. The van der Waals surface area contributed by atoms with Crippen LogP contribution in [0, 0.1) is 59.2 Å². The van der Waals surface area contributed by atoms with Crippen LogP contribution in [-0.2, 0) is 73.6 Å². The molecule has 11 aromatic carbocycles. The fraction of sp³-hybridized carbons (Fsp3) is 0.377. The van der Waals surface area contributed by atoms with Gasteiger partial charge in [0.1, 0.15) is 80.1 Å². The lowest BCUT2D eigenvalue weighted by atomic mass is 9.74. The van der Waals surface area contributed by atoms with Gasteiger partial charge in [0.25, 0.3) is 0 Å². The molecular weight excluding hydrogens is 1750 g/mol. The van der Waals surface area contributed by atoms with Gasteiger partial charge < -0.3 is 61.8 Å². The van der Waals surface area contributed by atoms with Crippen molar-refractivity contribution in [2.45, 2.75) is 230 Å². The van der Waals surface area contributed by atoms with Crippen molar-refractivity contribution in [3.05, 3.63) is 301 Å². The van der Waals surface area contributed by atoms with Gasteiger partial charge in [-0.15, -0.1) is 0 Å². The highest BCUT2D eigenvalue weighted by Crippen LogP contribution is 2.62. The minimum Gasteiger partial charge on any atom is -0.744 e. The first-order valence-electron chi connectivity index (χ1n) is 47.5. The average Bonchev–Trinajstić information content (AvgIpc) is 1.54. The third-order valence-corrected chi connectivity index (χ3v) is 27.1. The number of aromatic hydroxyl groups is 1. The van der Waals surface area contributed by atoms with Gasteiger partial charge in [0.2, 0.25) is 4.90 Å². The van der Waals surface area contributed by atoms with Crippen molar-refractivity contribution in [2.75, 3.05) is 27.4 Å². The number of carbonyl (C=O) groups excluding carboxylic acids is 4. The van der Waals surface area contributed by atoms with Crippen LogP contribution in [0.5, 0.6) is 46.0 Å². The average molecular weight is 1890 g/mol. The number of ether oxygens (including phenoxy) is 11. The van der Waals surface area contributed by atoms with E-state index in [9.17, 15) is 37.4 Å². The molecule has 3 saturated carbocycles. The number of carbonyl (C=O) groups is 4. The molecule has 0 amide bonds. The highest BCUT2D eigenvalue weighted by Gasteiger charge is 2.72. The Bertz CT molecular complexity index is 5650. The van der Waals surface area contributed by atoms with Crippen LogP contribution in [0.15, 0.2) is 293 Å². The molecule has 0 aromatic heterocycles. The summed E-state index contributed by atoms with van der Waals surface area (Å²) in [7, 11) is -1.56. The number of nitriles is 1. The second-order valence-corrected chi connectivity index (χ2v) is 38.8. The second kappa shape index (κ2) is 53.3. The molecule has 9 atom stereocenters. The number of esters is 4. The van der Waals surface area contributed by atoms with E-state index in [-0.39, 0.29) is 82.3 Å². The van der Waals surface area contributed by atoms with Crippen LogP contribution in [-0.4, -0.2) is 100 Å². The summed E-state index contributed by atoms with van der Waals surface area (Å²) in [6.07, 6.45) is 15.1. The van der Waals surface area contributed by atoms with Gasteiger partial charge >= 0.3 is 23.9 Å². The number of nitrogens with zero attached hydrogens (tertiary/aromatic N) is 1. The minimum atomic E-state index is -4.73. The first kappa shape index (κ1) is 106. The molecule has 20 nitrogen and oxygen atoms in total. The maximum absolute atomic E-state index is 12.0. The Morgan fingerprint density at radius 1 is 0.566 bits per heavy atom. The predicted octanol–water partition coefficient (Wildman–Crippen LogP) is 25.4. The van der Waals surface area contributed by atoms with E-state index in [4.69, 9.17) is 57.2 Å². The third kappa shape index (κ3) is 31.2. The fourth-order valence-electron chi connectivity index (χ4n) is 16.5. The number of phenolic OH excluding ortho intramolecular Hbond substituents is 1. The highest BCUT2D eigenvalue weighted by molar-refractivity contribution is 7.97. The van der Waals surface area contributed by atoms with E-state index in [0.29, 0.717) is 43.3 Å². The van der Waals surface area contributed by atoms with Crippen LogP contribution < -0.4 is 33.2 Å². The Morgan fingerprint density at radius 2 is 1.10 bits per heavy atom. The molecule has 720 valence electrons. The summed E-state index contributed by atoms with van der Waals surface area (Å²) in [5.41, 5.74) is 8.16. The van der Waals surface area contributed by atoms with Crippen molar-refractivity contribution in [1.29, 1.82) is 5.26 Å². The molecule has 0 spiro atoms. The van der Waals surface area contributed by atoms with Gasteiger partial charge in [-0.25, -0.2) is 13.2 Å². The Balaban J connectivity index is 0.000000174. The van der Waals surface area contributed by atoms with Crippen molar-refractivity contribution in [1.82, 2.24) is 0 Å². The summed E-state index contributed by atoms with van der Waals surface area (Å²) in [4.78, 5) is 49.7. The van der Waals surface area contributed by atoms with E-state index in [1.807, 2.05) is 55.5 Å². The maximum Gasteiger partial charge on any atom is 0.344 e. The van der Waals surface area contributed by atoms with Gasteiger partial charge in [0.15, 0.2) is 33.5 Å². The zero-order chi connectivity index (χ0) is 97.7. The van der Waals surface area contributed by atoms with E-state index >= 15 is 0 Å². The molecule has 22 heteroatoms. The number of hydrogen-bond donors (Lipinski definition) is 1. The fourth-order valence-corrected chi connectivity index (χ4v) is 19.4. The Kier molecular flexibility index (Phi) is 41.5. The zero-order valence-electron chi connectivity index (χ0n) is 80.9. The third-order valence-electron chi connectivity index (χ3n) is 23.9. The van der Waals surface area contributed by atoms with Crippen LogP contribution in [0.25, 0.3) is 22.3 Å². The van der Waals surface area contributed by atoms with Crippen molar-refractivity contribution < 1.29 is 89.4 Å². The van der Waals surface area contributed by atoms with E-state index in [1.54, 1.807) is 78.3 Å². The van der Waals surface area contributed by atoms with E-state index in [2.05, 4.69) is 206 Å². The number of phenols is 1. The van der Waals surface area contributed by atoms with Crippen LogP contribution in [0.1, 0.15) is 186 Å². The summed E-state index contributed by atoms with van der Waals surface area (Å²) >= 11 is 0. The molecule has 4 aliphatic rings. The normalized spacial score (nSPS) is 17.0. The van der Waals surface area contributed by atoms with Gasteiger partial charge in [0, 0.05) is 41.9 Å². The van der Waals surface area contributed by atoms with Gasteiger partial charge in [-0.2, -0.15) is 5.26 Å². The second-order valence-electron chi connectivity index (χ2n) is 35.4. The summed E-state index contributed by atoms with van der Waals surface area (Å²) < 4.78 is 96.8. The molecule has 11 aromatic rings. The molecule has 0 radical (unpaired) electrons. The molecule has 15 rings (SSSR count). The first-order chi connectivity index (χ1) is 65.6. The van der Waals surface area contributed by atoms with Gasteiger partial charge in [0.05, 0.1) is 55.3 Å². The van der Waals surface area contributed by atoms with Crippen molar-refractivity contribution in [2.24, 2.45) is 40.9 Å². The number of hydrogen-bond acceptors (Lipinski definition) is 20. The molecule has 136 heavy (non-hydrogen) atoms. The summed E-state index contributed by atoms with van der Waals surface area (Å²) in [6, 6.07) is 89.3. The van der Waals surface area contributed by atoms with Crippen LogP contribution >= 0.6 is 0 Å². The van der Waals surface area contributed by atoms with Crippen molar-refractivity contribution in [3.63, 3.8) is 0 Å². The zero-order valence-corrected chi connectivity index (χ0v) is 82.5. The predicted molar refractivity (Wildman–Crippen MR) is 532 cm³/mol. The van der Waals surface area contributed by atoms with Crippen molar-refractivity contribution >= 4 is 44.9 Å². The lowest BCUT2D eigenvalue weighted by Crippen LogP contribution is -2.40. The summed E-state index contributed by atoms with van der Waals surface area (Å²) in [6.45, 7) is 25.4. The summed E-state index contributed by atoms with van der Waals surface area (Å²) in [5.74, 6) is 4.24. The molecule has 4 fully saturated rings. The number of fused-ring (bicyclic) bond motifs is 1. The molecule has 2 bridgehead atoms. The van der Waals surface area contributed by atoms with Crippen LogP contribution in [0.2, 0.25) is 0 Å². The molecular formula is C114H133NO19S2. The van der Waals surface area contributed by atoms with E-state index in [0.717, 1.165) is 101 Å². The first-order valence-corrected chi connectivity index (χ1v) is 50.1. The maximum atomic E-state index is 12.0. The number of unbranched alkanes of at least 4 members (excludes halogenated alkanes) is 1. The smallest absolute Gasteiger partial charge is 0.344 e. The number of benzene rings is 11. The van der Waals surface area contributed by atoms with Crippen molar-refractivity contribution in [3.8, 4) is 74.3 Å². The molecule has 9 unspecified atom stereocenters. The van der Waals surface area contributed by atoms with Gasteiger partial charge in [-0.3, -0.25) is 14.4 Å². The number of aryl methyl sites for hydroxylation is 4. The minimum absolute atomic E-state index is 0.0915. The molecule has 3 aliphatic carbocycles. The number of para-hydroxylation sites is 2. The van der Waals surface area contributed by atoms with Gasteiger partial charge in [-0.1, -0.05) is 272 Å². The quantitative estimate of drug-likeness (QED) is 0.00965. The molecule has 1 N–H and O–H groups in total. The highest BCUT2D eigenvalue weighted by atomic mass is 32.2. The Morgan fingerprint density at radius 3 is 1.64 bits per heavy atom. The number of methoxy groups -OCH3 is 2. The SMILES string of the molecule is CC(C)C(=O)OC1C2CC3C1OC(=O)C3(C#N)C2.CC(C)C(=O)Oc1ccc(O)cc1.CCCCC(C)CC(OCCOc1c(-c2ccccc2)cccc1-c1ccccc1)Oc1ccc(CC)cc1.CCc1ccc(OC(=O)c2ccccc2S(=O)(=O)[O-])cc1.CCc1ccc(OC(CC(C)C)OC2CCCCC2)cc1.COc1cccc([S+](c2cccc(C)c2)c2ccccc2OC)c1. The lowest BCUT2D eigenvalue weighted by Gasteiger charge is -2.29. The lowest BCUT2D eigenvalue weighted by molar-refractivity contribution is -0.164. The molecule has 1 heterocycles. The Hall–Kier alpha value is -12.2. The largest absolute Gasteiger partial charge is 0.744 e.